The average molecular weight is 370 g/mol. The number of imide groups is 1. The van der Waals surface area contributed by atoms with E-state index in [1.54, 1.807) is 0 Å². The first kappa shape index (κ1) is 16.8. The Bertz CT molecular complexity index is 917. The van der Waals surface area contributed by atoms with Gasteiger partial charge < -0.3 is 13.9 Å². The SMILES string of the molecule is O=C(Nc1nnc(C2=COCCO2)o1)c1ccc(N2C(=O)CCC2=O)cc1. The van der Waals surface area contributed by atoms with Crippen molar-refractivity contribution in [1.82, 2.24) is 10.2 Å². The van der Waals surface area contributed by atoms with Gasteiger partial charge in [-0.1, -0.05) is 5.10 Å². The predicted molar refractivity (Wildman–Crippen MR) is 90.3 cm³/mol. The Balaban J connectivity index is 1.44. The summed E-state index contributed by atoms with van der Waals surface area (Å²) >= 11 is 0. The van der Waals surface area contributed by atoms with Crippen molar-refractivity contribution in [1.29, 1.82) is 0 Å². The number of hydrogen-bond donors (Lipinski definition) is 1. The van der Waals surface area contributed by atoms with Crippen molar-refractivity contribution >= 4 is 35.2 Å². The molecule has 0 unspecified atom stereocenters. The van der Waals surface area contributed by atoms with Crippen LogP contribution in [0.15, 0.2) is 34.9 Å². The number of nitrogens with zero attached hydrogens (tertiary/aromatic N) is 3. The minimum atomic E-state index is -0.481. The molecule has 0 bridgehead atoms. The molecule has 10 nitrogen and oxygen atoms in total. The Kier molecular flexibility index (Phi) is 4.29. The topological polar surface area (TPSA) is 124 Å². The van der Waals surface area contributed by atoms with Gasteiger partial charge in [-0.05, 0) is 24.3 Å². The van der Waals surface area contributed by atoms with Crippen LogP contribution in [0.5, 0.6) is 0 Å². The summed E-state index contributed by atoms with van der Waals surface area (Å²) in [6.07, 6.45) is 1.76. The lowest BCUT2D eigenvalue weighted by molar-refractivity contribution is -0.121. The Morgan fingerprint density at radius 2 is 1.78 bits per heavy atom. The zero-order valence-corrected chi connectivity index (χ0v) is 14.0. The number of amides is 3. The third-order valence-corrected chi connectivity index (χ3v) is 3.94. The minimum Gasteiger partial charge on any atom is -0.494 e. The fraction of sp³-hybridized carbons (Fsp3) is 0.235. The second kappa shape index (κ2) is 6.90. The first-order valence-corrected chi connectivity index (χ1v) is 8.17. The fourth-order valence-electron chi connectivity index (χ4n) is 2.65. The Morgan fingerprint density at radius 1 is 1.04 bits per heavy atom. The number of aromatic nitrogens is 2. The maximum absolute atomic E-state index is 12.3. The molecule has 10 heteroatoms. The molecule has 4 rings (SSSR count). The van der Waals surface area contributed by atoms with Crippen molar-refractivity contribution in [3.63, 3.8) is 0 Å². The molecule has 1 fully saturated rings. The van der Waals surface area contributed by atoms with Crippen molar-refractivity contribution in [2.24, 2.45) is 0 Å². The largest absolute Gasteiger partial charge is 0.494 e. The summed E-state index contributed by atoms with van der Waals surface area (Å²) in [6, 6.07) is 5.97. The molecule has 1 aromatic heterocycles. The molecule has 2 aliphatic rings. The standard InChI is InChI=1S/C17H14N4O6/c22-13-5-6-14(23)21(13)11-3-1-10(2-4-11)15(24)18-17-20-19-16(27-17)12-9-25-7-8-26-12/h1-4,9H,5-8H2,(H,18,20,24). The van der Waals surface area contributed by atoms with Gasteiger partial charge in [-0.3, -0.25) is 24.6 Å². The number of carbonyl (C=O) groups excluding carboxylic acids is 3. The molecule has 138 valence electrons. The molecular formula is C17H14N4O6. The summed E-state index contributed by atoms with van der Waals surface area (Å²) in [5.74, 6) is -0.604. The van der Waals surface area contributed by atoms with E-state index in [0.29, 0.717) is 30.2 Å². The van der Waals surface area contributed by atoms with Gasteiger partial charge in [0, 0.05) is 18.4 Å². The highest BCUT2D eigenvalue weighted by Crippen LogP contribution is 2.23. The van der Waals surface area contributed by atoms with E-state index in [1.165, 1.54) is 30.5 Å². The third-order valence-electron chi connectivity index (χ3n) is 3.94. The van der Waals surface area contributed by atoms with Crippen LogP contribution in [-0.4, -0.2) is 41.1 Å². The molecule has 0 saturated carbocycles. The van der Waals surface area contributed by atoms with Gasteiger partial charge in [0.1, 0.15) is 19.5 Å². The van der Waals surface area contributed by atoms with Crippen molar-refractivity contribution in [3.8, 4) is 0 Å². The lowest BCUT2D eigenvalue weighted by atomic mass is 10.2. The van der Waals surface area contributed by atoms with Crippen LogP contribution in [0.2, 0.25) is 0 Å². The molecule has 1 saturated heterocycles. The Hall–Kier alpha value is -3.69. The van der Waals surface area contributed by atoms with Crippen LogP contribution in [0.25, 0.3) is 5.76 Å². The summed E-state index contributed by atoms with van der Waals surface area (Å²) in [5, 5.41) is 9.99. The van der Waals surface area contributed by atoms with Crippen LogP contribution >= 0.6 is 0 Å². The van der Waals surface area contributed by atoms with Crippen LogP contribution in [0.4, 0.5) is 11.7 Å². The van der Waals surface area contributed by atoms with Gasteiger partial charge in [-0.25, -0.2) is 0 Å². The Labute approximate surface area is 152 Å². The molecule has 1 aromatic carbocycles. The second-order valence-electron chi connectivity index (χ2n) is 5.74. The molecule has 3 amide bonds. The van der Waals surface area contributed by atoms with E-state index in [1.807, 2.05) is 0 Å². The molecule has 0 atom stereocenters. The van der Waals surface area contributed by atoms with E-state index < -0.39 is 5.91 Å². The first-order chi connectivity index (χ1) is 13.1. The van der Waals surface area contributed by atoms with Crippen molar-refractivity contribution in [3.05, 3.63) is 42.0 Å². The molecule has 0 aliphatic carbocycles. The van der Waals surface area contributed by atoms with Crippen LogP contribution in [0.1, 0.15) is 29.1 Å². The van der Waals surface area contributed by atoms with E-state index in [4.69, 9.17) is 13.9 Å². The van der Waals surface area contributed by atoms with Crippen molar-refractivity contribution < 1.29 is 28.3 Å². The number of hydrogen-bond acceptors (Lipinski definition) is 8. The van der Waals surface area contributed by atoms with E-state index in [9.17, 15) is 14.4 Å². The van der Waals surface area contributed by atoms with E-state index in [2.05, 4.69) is 15.5 Å². The summed E-state index contributed by atoms with van der Waals surface area (Å²) in [5.41, 5.74) is 0.731. The second-order valence-corrected chi connectivity index (χ2v) is 5.74. The van der Waals surface area contributed by atoms with Gasteiger partial charge in [-0.2, -0.15) is 0 Å². The van der Waals surface area contributed by atoms with Crippen LogP contribution in [0, 0.1) is 0 Å². The van der Waals surface area contributed by atoms with Gasteiger partial charge in [-0.15, -0.1) is 5.10 Å². The summed E-state index contributed by atoms with van der Waals surface area (Å²) < 4.78 is 15.7. The number of ether oxygens (including phenoxy) is 2. The lowest BCUT2D eigenvalue weighted by Crippen LogP contribution is -2.28. The summed E-state index contributed by atoms with van der Waals surface area (Å²) in [6.45, 7) is 0.802. The maximum Gasteiger partial charge on any atom is 0.322 e. The maximum atomic E-state index is 12.3. The lowest BCUT2D eigenvalue weighted by Gasteiger charge is -2.13. The molecule has 3 heterocycles. The molecule has 1 N–H and O–H groups in total. The van der Waals surface area contributed by atoms with Gasteiger partial charge in [0.2, 0.25) is 17.6 Å². The highest BCUT2D eigenvalue weighted by Gasteiger charge is 2.30. The molecule has 0 radical (unpaired) electrons. The van der Waals surface area contributed by atoms with Crippen LogP contribution in [-0.2, 0) is 19.1 Å². The molecular weight excluding hydrogens is 356 g/mol. The highest BCUT2D eigenvalue weighted by atomic mass is 16.6. The number of carbonyl (C=O) groups is 3. The predicted octanol–water partition coefficient (Wildman–Crippen LogP) is 1.32. The molecule has 27 heavy (non-hydrogen) atoms. The van der Waals surface area contributed by atoms with E-state index in [0.717, 1.165) is 4.90 Å². The average Bonchev–Trinajstić information content (AvgIpc) is 3.29. The minimum absolute atomic E-state index is 0.0893. The van der Waals surface area contributed by atoms with Crippen molar-refractivity contribution in [2.45, 2.75) is 12.8 Å². The van der Waals surface area contributed by atoms with Gasteiger partial charge >= 0.3 is 6.01 Å². The molecule has 2 aliphatic heterocycles. The number of benzene rings is 1. The van der Waals surface area contributed by atoms with Gasteiger partial charge in [0.05, 0.1) is 5.69 Å². The number of anilines is 2. The first-order valence-electron chi connectivity index (χ1n) is 8.17. The van der Waals surface area contributed by atoms with E-state index in [-0.39, 0.29) is 36.6 Å². The third kappa shape index (κ3) is 3.36. The van der Waals surface area contributed by atoms with Crippen molar-refractivity contribution in [2.75, 3.05) is 23.4 Å². The van der Waals surface area contributed by atoms with Crippen LogP contribution < -0.4 is 10.2 Å². The zero-order chi connectivity index (χ0) is 18.8. The number of nitrogens with one attached hydrogen (secondary N) is 1. The smallest absolute Gasteiger partial charge is 0.322 e. The quantitative estimate of drug-likeness (QED) is 0.799. The number of rotatable bonds is 4. The summed E-state index contributed by atoms with van der Waals surface area (Å²) in [7, 11) is 0. The summed E-state index contributed by atoms with van der Waals surface area (Å²) in [4.78, 5) is 36.9. The van der Waals surface area contributed by atoms with Crippen LogP contribution in [0.3, 0.4) is 0 Å². The Morgan fingerprint density at radius 3 is 2.44 bits per heavy atom. The fourth-order valence-corrected chi connectivity index (χ4v) is 2.65. The van der Waals surface area contributed by atoms with E-state index >= 15 is 0 Å². The normalized spacial score (nSPS) is 16.6. The molecule has 2 aromatic rings. The zero-order valence-electron chi connectivity index (χ0n) is 14.0. The monoisotopic (exact) mass is 370 g/mol. The highest BCUT2D eigenvalue weighted by molar-refractivity contribution is 6.20. The molecule has 0 spiro atoms. The van der Waals surface area contributed by atoms with Gasteiger partial charge in [0.15, 0.2) is 0 Å². The van der Waals surface area contributed by atoms with Gasteiger partial charge in [0.25, 0.3) is 11.8 Å².